The zero-order valence-electron chi connectivity index (χ0n) is 14.2. The summed E-state index contributed by atoms with van der Waals surface area (Å²) < 4.78 is 38.9. The van der Waals surface area contributed by atoms with Gasteiger partial charge >= 0.3 is 6.18 Å². The zero-order chi connectivity index (χ0) is 18.9. The van der Waals surface area contributed by atoms with Crippen molar-refractivity contribution in [3.63, 3.8) is 0 Å². The van der Waals surface area contributed by atoms with Gasteiger partial charge in [-0.3, -0.25) is 9.59 Å². The van der Waals surface area contributed by atoms with Crippen molar-refractivity contribution in [2.24, 2.45) is 0 Å². The van der Waals surface area contributed by atoms with Gasteiger partial charge in [-0.05, 0) is 42.9 Å². The van der Waals surface area contributed by atoms with E-state index in [4.69, 9.17) is 0 Å². The number of rotatable bonds is 4. The Morgan fingerprint density at radius 3 is 2.85 bits per heavy atom. The molecule has 2 aliphatic heterocycles. The highest BCUT2D eigenvalue weighted by Gasteiger charge is 2.55. The summed E-state index contributed by atoms with van der Waals surface area (Å²) in [6.07, 6.45) is -3.41. The van der Waals surface area contributed by atoms with Gasteiger partial charge in [0.05, 0.1) is 13.0 Å². The second-order valence-corrected chi connectivity index (χ2v) is 7.02. The monoisotopic (exact) mass is 370 g/mol. The Bertz CT molecular complexity index is 720. The number of benzene rings is 1. The Morgan fingerprint density at radius 1 is 1.35 bits per heavy atom. The Labute approximate surface area is 149 Å². The first kappa shape index (κ1) is 18.7. The van der Waals surface area contributed by atoms with Crippen LogP contribution in [0.3, 0.4) is 0 Å². The van der Waals surface area contributed by atoms with Crippen LogP contribution in [-0.4, -0.2) is 46.7 Å². The molecule has 1 aromatic rings. The molecule has 0 saturated carbocycles. The number of halogens is 3. The molecule has 0 radical (unpaired) electrons. The van der Waals surface area contributed by atoms with Gasteiger partial charge in [0.25, 0.3) is 0 Å². The lowest BCUT2D eigenvalue weighted by atomic mass is 9.92. The fourth-order valence-electron chi connectivity index (χ4n) is 3.52. The van der Waals surface area contributed by atoms with E-state index in [2.05, 4.69) is 5.32 Å². The minimum Gasteiger partial charge on any atom is -0.379 e. The first-order valence-electron chi connectivity index (χ1n) is 8.66. The van der Waals surface area contributed by atoms with Crippen molar-refractivity contribution >= 4 is 17.5 Å². The Kier molecular flexibility index (Phi) is 4.96. The molecule has 142 valence electrons. The number of hydrogen-bond donors (Lipinski definition) is 2. The van der Waals surface area contributed by atoms with E-state index in [1.807, 2.05) is 18.2 Å². The van der Waals surface area contributed by atoms with E-state index < -0.39 is 18.3 Å². The number of aliphatic hydroxyl groups is 1. The van der Waals surface area contributed by atoms with Gasteiger partial charge < -0.3 is 15.3 Å². The lowest BCUT2D eigenvalue weighted by Crippen LogP contribution is -2.58. The average Bonchev–Trinajstić information content (AvgIpc) is 2.93. The van der Waals surface area contributed by atoms with Crippen molar-refractivity contribution in [2.75, 3.05) is 18.4 Å². The van der Waals surface area contributed by atoms with Crippen molar-refractivity contribution in [3.05, 3.63) is 29.3 Å². The summed E-state index contributed by atoms with van der Waals surface area (Å²) in [4.78, 5) is 24.7. The van der Waals surface area contributed by atoms with E-state index in [1.54, 1.807) is 0 Å². The van der Waals surface area contributed by atoms with Gasteiger partial charge in [0, 0.05) is 18.7 Å². The first-order valence-corrected chi connectivity index (χ1v) is 8.66. The summed E-state index contributed by atoms with van der Waals surface area (Å²) >= 11 is 0. The van der Waals surface area contributed by atoms with Crippen molar-refractivity contribution < 1.29 is 27.9 Å². The van der Waals surface area contributed by atoms with Crippen LogP contribution in [0.5, 0.6) is 0 Å². The SMILES string of the molecule is O=C1Cc2cc(CCCC(=O)N3CCCC(O)(C(F)(F)F)C3)ccc2N1. The van der Waals surface area contributed by atoms with Crippen LogP contribution in [-0.2, 0) is 22.4 Å². The molecule has 1 atom stereocenters. The number of piperidine rings is 1. The largest absolute Gasteiger partial charge is 0.418 e. The van der Waals surface area contributed by atoms with E-state index in [0.717, 1.165) is 21.7 Å². The molecule has 1 aromatic carbocycles. The van der Waals surface area contributed by atoms with Crippen LogP contribution in [0.1, 0.15) is 36.8 Å². The third-order valence-corrected chi connectivity index (χ3v) is 5.00. The van der Waals surface area contributed by atoms with Crippen molar-refractivity contribution in [1.82, 2.24) is 4.90 Å². The maximum absolute atomic E-state index is 13.0. The van der Waals surface area contributed by atoms with E-state index in [9.17, 15) is 27.9 Å². The summed E-state index contributed by atoms with van der Waals surface area (Å²) in [6.45, 7) is -0.453. The maximum Gasteiger partial charge on any atom is 0.418 e. The molecule has 2 aliphatic rings. The number of likely N-dealkylation sites (tertiary alicyclic amines) is 1. The summed E-state index contributed by atoms with van der Waals surface area (Å²) in [5, 5.41) is 12.5. The van der Waals surface area contributed by atoms with Crippen LogP contribution >= 0.6 is 0 Å². The molecule has 2 N–H and O–H groups in total. The topological polar surface area (TPSA) is 69.6 Å². The standard InChI is InChI=1S/C18H21F3N2O3/c19-18(20,21)17(26)7-2-8-23(11-17)16(25)4-1-3-12-5-6-14-13(9-12)10-15(24)22-14/h5-6,9,26H,1-4,7-8,10-11H2,(H,22,24). The number of amides is 2. The second-order valence-electron chi connectivity index (χ2n) is 7.02. The molecule has 0 aromatic heterocycles. The van der Waals surface area contributed by atoms with Gasteiger partial charge in [0.2, 0.25) is 11.8 Å². The molecule has 5 nitrogen and oxygen atoms in total. The molecule has 0 spiro atoms. The molecule has 1 saturated heterocycles. The van der Waals surface area contributed by atoms with E-state index in [1.165, 1.54) is 0 Å². The zero-order valence-corrected chi connectivity index (χ0v) is 14.2. The van der Waals surface area contributed by atoms with Crippen molar-refractivity contribution in [3.8, 4) is 0 Å². The number of alkyl halides is 3. The minimum absolute atomic E-state index is 0.0467. The van der Waals surface area contributed by atoms with Crippen LogP contribution in [0.4, 0.5) is 18.9 Å². The smallest absolute Gasteiger partial charge is 0.379 e. The van der Waals surface area contributed by atoms with Crippen LogP contribution in [0.25, 0.3) is 0 Å². The first-order chi connectivity index (χ1) is 12.2. The lowest BCUT2D eigenvalue weighted by molar-refractivity contribution is -0.272. The molecule has 0 aliphatic carbocycles. The predicted octanol–water partition coefficient (Wildman–Crippen LogP) is 2.42. The molecule has 0 bridgehead atoms. The molecule has 26 heavy (non-hydrogen) atoms. The predicted molar refractivity (Wildman–Crippen MR) is 88.5 cm³/mol. The highest BCUT2D eigenvalue weighted by atomic mass is 19.4. The van der Waals surface area contributed by atoms with Crippen LogP contribution < -0.4 is 5.32 Å². The van der Waals surface area contributed by atoms with Gasteiger partial charge in [-0.2, -0.15) is 13.2 Å². The van der Waals surface area contributed by atoms with Crippen LogP contribution in [0.15, 0.2) is 18.2 Å². The molecular formula is C18H21F3N2O3. The van der Waals surface area contributed by atoms with Gasteiger partial charge in [0.15, 0.2) is 5.60 Å². The van der Waals surface area contributed by atoms with E-state index in [-0.39, 0.29) is 37.6 Å². The van der Waals surface area contributed by atoms with Crippen molar-refractivity contribution in [2.45, 2.75) is 50.3 Å². The van der Waals surface area contributed by atoms with E-state index >= 15 is 0 Å². The fraction of sp³-hybridized carbons (Fsp3) is 0.556. The van der Waals surface area contributed by atoms with E-state index in [0.29, 0.717) is 19.3 Å². The number of fused-ring (bicyclic) bond motifs is 1. The number of carbonyl (C=O) groups excluding carboxylic acids is 2. The van der Waals surface area contributed by atoms with Crippen LogP contribution in [0.2, 0.25) is 0 Å². The number of nitrogens with zero attached hydrogens (tertiary/aromatic N) is 1. The Hall–Kier alpha value is -2.09. The number of carbonyl (C=O) groups is 2. The quantitative estimate of drug-likeness (QED) is 0.855. The second kappa shape index (κ2) is 6.90. The molecule has 2 amide bonds. The van der Waals surface area contributed by atoms with Crippen LogP contribution in [0, 0.1) is 0 Å². The minimum atomic E-state index is -4.73. The lowest BCUT2D eigenvalue weighted by Gasteiger charge is -2.40. The number of nitrogens with one attached hydrogen (secondary N) is 1. The van der Waals surface area contributed by atoms with Gasteiger partial charge in [0.1, 0.15) is 0 Å². The summed E-state index contributed by atoms with van der Waals surface area (Å²) in [7, 11) is 0. The molecule has 2 heterocycles. The highest BCUT2D eigenvalue weighted by molar-refractivity contribution is 5.99. The molecular weight excluding hydrogens is 349 g/mol. The highest BCUT2D eigenvalue weighted by Crippen LogP contribution is 2.37. The summed E-state index contributed by atoms with van der Waals surface area (Å²) in [5.74, 6) is -0.417. The molecule has 1 fully saturated rings. The summed E-state index contributed by atoms with van der Waals surface area (Å²) in [6, 6.07) is 5.62. The number of anilines is 1. The normalized spacial score (nSPS) is 22.9. The van der Waals surface area contributed by atoms with Gasteiger partial charge in [-0.15, -0.1) is 0 Å². The Morgan fingerprint density at radius 2 is 2.12 bits per heavy atom. The molecule has 3 rings (SSSR count). The molecule has 8 heteroatoms. The Balaban J connectivity index is 1.52. The number of aryl methyl sites for hydroxylation is 1. The fourth-order valence-corrected chi connectivity index (χ4v) is 3.52. The number of β-amino-alcohol motifs (C(OH)–C–C–N with tert-alkyl or cyclic N) is 1. The third-order valence-electron chi connectivity index (χ3n) is 5.00. The number of hydrogen-bond acceptors (Lipinski definition) is 3. The van der Waals surface area contributed by atoms with Gasteiger partial charge in [-0.1, -0.05) is 12.1 Å². The average molecular weight is 370 g/mol. The van der Waals surface area contributed by atoms with Gasteiger partial charge in [-0.25, -0.2) is 0 Å². The van der Waals surface area contributed by atoms with Crippen molar-refractivity contribution in [1.29, 1.82) is 0 Å². The third kappa shape index (κ3) is 3.85. The maximum atomic E-state index is 13.0. The summed E-state index contributed by atoms with van der Waals surface area (Å²) in [5.41, 5.74) is -0.0985. The molecule has 1 unspecified atom stereocenters.